The summed E-state index contributed by atoms with van der Waals surface area (Å²) >= 11 is 4.73. The number of rotatable bonds is 1. The van der Waals surface area contributed by atoms with Crippen LogP contribution < -0.4 is 10.6 Å². The summed E-state index contributed by atoms with van der Waals surface area (Å²) < 4.78 is 4.48. The molecule has 0 spiro atoms. The Kier molecular flexibility index (Phi) is 2.06. The number of esters is 1. The summed E-state index contributed by atoms with van der Waals surface area (Å²) in [7, 11) is 1.35. The third-order valence-corrected chi connectivity index (χ3v) is 1.52. The summed E-state index contributed by atoms with van der Waals surface area (Å²) in [5.74, 6) is -0.285. The fourth-order valence-corrected chi connectivity index (χ4v) is 0.965. The zero-order valence-corrected chi connectivity index (χ0v) is 6.33. The molecule has 1 rings (SSSR count). The van der Waals surface area contributed by atoms with Crippen molar-refractivity contribution < 1.29 is 9.53 Å². The highest BCUT2D eigenvalue weighted by atomic mass is 32.1. The van der Waals surface area contributed by atoms with Crippen LogP contribution in [0, 0.1) is 0 Å². The van der Waals surface area contributed by atoms with E-state index in [1.54, 1.807) is 0 Å². The van der Waals surface area contributed by atoms with Crippen molar-refractivity contribution >= 4 is 23.3 Å². The number of nitrogens with one attached hydrogen (secondary N) is 2. The van der Waals surface area contributed by atoms with Gasteiger partial charge < -0.3 is 15.4 Å². The summed E-state index contributed by atoms with van der Waals surface area (Å²) in [6, 6.07) is -0.308. The number of hydrogen-bond donors (Lipinski definition) is 2. The Hall–Kier alpha value is -0.840. The molecular formula is C5H8N2O2S. The number of methoxy groups -OCH3 is 1. The average Bonchev–Trinajstić information content (AvgIpc) is 2.34. The van der Waals surface area contributed by atoms with Crippen LogP contribution in [0.4, 0.5) is 0 Å². The molecule has 0 aromatic carbocycles. The molecule has 1 fully saturated rings. The molecular weight excluding hydrogens is 152 g/mol. The van der Waals surface area contributed by atoms with Gasteiger partial charge in [0, 0.05) is 6.54 Å². The van der Waals surface area contributed by atoms with Gasteiger partial charge in [-0.15, -0.1) is 0 Å². The third-order valence-electron chi connectivity index (χ3n) is 1.26. The van der Waals surface area contributed by atoms with E-state index in [0.717, 1.165) is 0 Å². The normalized spacial score (nSPS) is 23.3. The SMILES string of the molecule is COC(=O)[C@H]1CNC(=S)N1. The summed E-state index contributed by atoms with van der Waals surface area (Å²) in [5, 5.41) is 6.06. The minimum absolute atomic E-state index is 0.285. The highest BCUT2D eigenvalue weighted by molar-refractivity contribution is 7.80. The maximum atomic E-state index is 10.8. The Morgan fingerprint density at radius 2 is 2.60 bits per heavy atom. The topological polar surface area (TPSA) is 50.4 Å². The first-order valence-electron chi connectivity index (χ1n) is 2.86. The highest BCUT2D eigenvalue weighted by Crippen LogP contribution is 1.92. The van der Waals surface area contributed by atoms with Crippen molar-refractivity contribution in [2.24, 2.45) is 0 Å². The largest absolute Gasteiger partial charge is 0.467 e. The summed E-state index contributed by atoms with van der Waals surface area (Å²) in [6.45, 7) is 0.519. The fraction of sp³-hybridized carbons (Fsp3) is 0.600. The van der Waals surface area contributed by atoms with Gasteiger partial charge in [0.05, 0.1) is 7.11 Å². The molecule has 10 heavy (non-hydrogen) atoms. The van der Waals surface area contributed by atoms with Gasteiger partial charge in [-0.3, -0.25) is 0 Å². The standard InChI is InChI=1S/C5H8N2O2S/c1-9-4(8)3-2-6-5(10)7-3/h3H,2H2,1H3,(H2,6,7,10)/t3-/m1/s1. The molecule has 1 saturated heterocycles. The van der Waals surface area contributed by atoms with Crippen molar-refractivity contribution in [3.05, 3.63) is 0 Å². The molecule has 0 saturated carbocycles. The molecule has 0 aromatic heterocycles. The van der Waals surface area contributed by atoms with Gasteiger partial charge in [-0.25, -0.2) is 4.79 Å². The van der Waals surface area contributed by atoms with Crippen LogP contribution in [0.5, 0.6) is 0 Å². The smallest absolute Gasteiger partial charge is 0.330 e. The van der Waals surface area contributed by atoms with Gasteiger partial charge in [-0.2, -0.15) is 0 Å². The molecule has 1 heterocycles. The minimum atomic E-state index is -0.308. The monoisotopic (exact) mass is 160 g/mol. The lowest BCUT2D eigenvalue weighted by Crippen LogP contribution is -2.35. The Labute approximate surface area is 63.9 Å². The number of ether oxygens (including phenoxy) is 1. The Morgan fingerprint density at radius 3 is 3.00 bits per heavy atom. The second kappa shape index (κ2) is 2.83. The van der Waals surface area contributed by atoms with E-state index in [1.807, 2.05) is 0 Å². The molecule has 0 radical (unpaired) electrons. The number of thiocarbonyl (C=S) groups is 1. The molecule has 1 aliphatic rings. The predicted octanol–water partition coefficient (Wildman–Crippen LogP) is -0.994. The number of hydrogen-bond acceptors (Lipinski definition) is 3. The summed E-state index contributed by atoms with van der Waals surface area (Å²) in [4.78, 5) is 10.8. The van der Waals surface area contributed by atoms with Gasteiger partial charge in [0.2, 0.25) is 0 Å². The van der Waals surface area contributed by atoms with Crippen molar-refractivity contribution in [3.8, 4) is 0 Å². The molecule has 0 unspecified atom stereocenters. The first-order chi connectivity index (χ1) is 4.74. The molecule has 2 N–H and O–H groups in total. The fourth-order valence-electron chi connectivity index (χ4n) is 0.740. The van der Waals surface area contributed by atoms with Crippen LogP contribution in [-0.4, -0.2) is 30.8 Å². The quantitative estimate of drug-likeness (QED) is 0.381. The van der Waals surface area contributed by atoms with Crippen LogP contribution in [0.15, 0.2) is 0 Å². The van der Waals surface area contributed by atoms with Gasteiger partial charge in [0.15, 0.2) is 5.11 Å². The van der Waals surface area contributed by atoms with E-state index < -0.39 is 0 Å². The van der Waals surface area contributed by atoms with Crippen molar-refractivity contribution in [2.75, 3.05) is 13.7 Å². The molecule has 0 amide bonds. The first kappa shape index (κ1) is 7.27. The van der Waals surface area contributed by atoms with Crippen molar-refractivity contribution in [3.63, 3.8) is 0 Å². The molecule has 0 aliphatic carbocycles. The molecule has 56 valence electrons. The number of carbonyl (C=O) groups excluding carboxylic acids is 1. The summed E-state index contributed by atoms with van der Waals surface area (Å²) in [6.07, 6.45) is 0. The van der Waals surface area contributed by atoms with Crippen LogP contribution in [-0.2, 0) is 9.53 Å². The first-order valence-corrected chi connectivity index (χ1v) is 3.27. The maximum Gasteiger partial charge on any atom is 0.330 e. The highest BCUT2D eigenvalue weighted by Gasteiger charge is 2.24. The van der Waals surface area contributed by atoms with Crippen LogP contribution in [0.25, 0.3) is 0 Å². The lowest BCUT2D eigenvalue weighted by atomic mass is 10.3. The lowest BCUT2D eigenvalue weighted by molar-refractivity contribution is -0.142. The van der Waals surface area contributed by atoms with E-state index in [1.165, 1.54) is 7.11 Å². The van der Waals surface area contributed by atoms with Gasteiger partial charge in [-0.1, -0.05) is 0 Å². The van der Waals surface area contributed by atoms with Gasteiger partial charge in [-0.05, 0) is 12.2 Å². The van der Waals surface area contributed by atoms with Crippen LogP contribution >= 0.6 is 12.2 Å². The van der Waals surface area contributed by atoms with Gasteiger partial charge in [0.25, 0.3) is 0 Å². The van der Waals surface area contributed by atoms with Crippen LogP contribution in [0.3, 0.4) is 0 Å². The minimum Gasteiger partial charge on any atom is -0.467 e. The molecule has 1 atom stereocenters. The van der Waals surface area contributed by atoms with Crippen LogP contribution in [0.1, 0.15) is 0 Å². The molecule has 4 nitrogen and oxygen atoms in total. The second-order valence-corrected chi connectivity index (χ2v) is 2.34. The Bertz CT molecular complexity index is 171. The van der Waals surface area contributed by atoms with E-state index in [-0.39, 0.29) is 12.0 Å². The van der Waals surface area contributed by atoms with E-state index >= 15 is 0 Å². The zero-order chi connectivity index (χ0) is 7.56. The second-order valence-electron chi connectivity index (χ2n) is 1.93. The molecule has 0 bridgehead atoms. The Morgan fingerprint density at radius 1 is 1.90 bits per heavy atom. The Balaban J connectivity index is 2.44. The summed E-state index contributed by atoms with van der Waals surface area (Å²) in [5.41, 5.74) is 0. The van der Waals surface area contributed by atoms with Crippen molar-refractivity contribution in [1.82, 2.24) is 10.6 Å². The predicted molar refractivity (Wildman–Crippen MR) is 39.5 cm³/mol. The lowest BCUT2D eigenvalue weighted by Gasteiger charge is -2.04. The average molecular weight is 160 g/mol. The molecule has 1 aliphatic heterocycles. The van der Waals surface area contributed by atoms with E-state index in [9.17, 15) is 4.79 Å². The maximum absolute atomic E-state index is 10.8. The molecule has 5 heteroatoms. The number of carbonyl (C=O) groups is 1. The van der Waals surface area contributed by atoms with Gasteiger partial charge >= 0.3 is 5.97 Å². The van der Waals surface area contributed by atoms with Crippen molar-refractivity contribution in [1.29, 1.82) is 0 Å². The van der Waals surface area contributed by atoms with E-state index in [0.29, 0.717) is 11.7 Å². The van der Waals surface area contributed by atoms with Crippen LogP contribution in [0.2, 0.25) is 0 Å². The zero-order valence-electron chi connectivity index (χ0n) is 5.51. The van der Waals surface area contributed by atoms with E-state index in [4.69, 9.17) is 12.2 Å². The molecule has 0 aromatic rings. The third kappa shape index (κ3) is 1.36. The van der Waals surface area contributed by atoms with Crippen molar-refractivity contribution in [2.45, 2.75) is 6.04 Å². The van der Waals surface area contributed by atoms with E-state index in [2.05, 4.69) is 15.4 Å². The van der Waals surface area contributed by atoms with Gasteiger partial charge in [0.1, 0.15) is 6.04 Å².